The maximum Gasteiger partial charge on any atom is 0.411 e. The Bertz CT molecular complexity index is 608. The third-order valence-electron chi connectivity index (χ3n) is 2.35. The molecule has 22 heavy (non-hydrogen) atoms. The van der Waals surface area contributed by atoms with Crippen LogP contribution in [0.15, 0.2) is 9.68 Å². The Labute approximate surface area is 124 Å². The zero-order valence-corrected chi connectivity index (χ0v) is 11.8. The van der Waals surface area contributed by atoms with Crippen molar-refractivity contribution in [2.75, 3.05) is 12.4 Å². The number of nitrogens with zero attached hydrogens (tertiary/aromatic N) is 2. The van der Waals surface area contributed by atoms with Gasteiger partial charge in [-0.1, -0.05) is 10.3 Å². The Hall–Kier alpha value is -3.11. The minimum atomic E-state index is -1.39. The van der Waals surface area contributed by atoms with Crippen LogP contribution in [0.3, 0.4) is 0 Å². The number of anilines is 1. The van der Waals surface area contributed by atoms with Gasteiger partial charge < -0.3 is 24.9 Å². The van der Waals surface area contributed by atoms with Crippen LogP contribution in [0, 0.1) is 6.92 Å². The molecule has 0 atom stereocenters. The average Bonchev–Trinajstić information content (AvgIpc) is 2.82. The standard InChI is InChI=1S/C11H14N4O7/c1-5-8(10(22-14-5)13-11(18)19)9(12)15-21-7(17)4-3-6(16)20-2/h13H,3-4H2,1-2H3,(H2,12,15)(H,18,19). The highest BCUT2D eigenvalue weighted by Crippen LogP contribution is 2.18. The molecule has 0 aliphatic heterocycles. The molecule has 0 unspecified atom stereocenters. The number of amides is 1. The second-order valence-corrected chi connectivity index (χ2v) is 3.92. The number of carbonyl (C=O) groups excluding carboxylic acids is 2. The number of aromatic nitrogens is 1. The maximum absolute atomic E-state index is 11.3. The number of rotatable bonds is 6. The second kappa shape index (κ2) is 7.61. The van der Waals surface area contributed by atoms with Crippen molar-refractivity contribution in [3.8, 4) is 0 Å². The monoisotopic (exact) mass is 314 g/mol. The summed E-state index contributed by atoms with van der Waals surface area (Å²) in [5, 5.41) is 17.5. The van der Waals surface area contributed by atoms with Crippen molar-refractivity contribution in [3.63, 3.8) is 0 Å². The van der Waals surface area contributed by atoms with E-state index in [1.54, 1.807) is 0 Å². The molecule has 0 spiro atoms. The minimum absolute atomic E-state index is 0.0446. The first kappa shape index (κ1) is 16.9. The minimum Gasteiger partial charge on any atom is -0.469 e. The number of nitrogens with one attached hydrogen (secondary N) is 1. The van der Waals surface area contributed by atoms with E-state index in [2.05, 4.69) is 19.9 Å². The molecular formula is C11H14N4O7. The van der Waals surface area contributed by atoms with Crippen LogP contribution in [0.1, 0.15) is 24.1 Å². The van der Waals surface area contributed by atoms with Crippen LogP contribution in [-0.4, -0.2) is 41.2 Å². The molecule has 11 heteroatoms. The van der Waals surface area contributed by atoms with Gasteiger partial charge in [0.05, 0.1) is 25.6 Å². The van der Waals surface area contributed by atoms with Crippen molar-refractivity contribution in [2.24, 2.45) is 10.9 Å². The van der Waals surface area contributed by atoms with E-state index in [4.69, 9.17) is 15.4 Å². The largest absolute Gasteiger partial charge is 0.469 e. The molecule has 0 bridgehead atoms. The van der Waals surface area contributed by atoms with Gasteiger partial charge in [-0.3, -0.25) is 10.1 Å². The van der Waals surface area contributed by atoms with Crippen LogP contribution in [0.4, 0.5) is 10.7 Å². The summed E-state index contributed by atoms with van der Waals surface area (Å²) in [6.45, 7) is 1.49. The number of carboxylic acid groups (broad SMARTS) is 1. The molecule has 0 saturated heterocycles. The fraction of sp³-hybridized carbons (Fsp3) is 0.364. The summed E-state index contributed by atoms with van der Waals surface area (Å²) in [5.74, 6) is -1.95. The van der Waals surface area contributed by atoms with E-state index < -0.39 is 18.0 Å². The van der Waals surface area contributed by atoms with Crippen LogP contribution < -0.4 is 11.1 Å². The van der Waals surface area contributed by atoms with Gasteiger partial charge in [-0.2, -0.15) is 0 Å². The number of ether oxygens (including phenoxy) is 1. The number of methoxy groups -OCH3 is 1. The summed E-state index contributed by atoms with van der Waals surface area (Å²) in [5.41, 5.74) is 5.89. The van der Waals surface area contributed by atoms with E-state index in [-0.39, 0.29) is 35.8 Å². The number of oxime groups is 1. The molecule has 1 rings (SSSR count). The molecular weight excluding hydrogens is 300 g/mol. The summed E-state index contributed by atoms with van der Waals surface area (Å²) in [7, 11) is 1.19. The van der Waals surface area contributed by atoms with Gasteiger partial charge in [-0.25, -0.2) is 9.59 Å². The highest BCUT2D eigenvalue weighted by atomic mass is 16.7. The quantitative estimate of drug-likeness (QED) is 0.218. The van der Waals surface area contributed by atoms with Gasteiger partial charge >= 0.3 is 18.0 Å². The Morgan fingerprint density at radius 1 is 1.36 bits per heavy atom. The van der Waals surface area contributed by atoms with Gasteiger partial charge in [0.25, 0.3) is 0 Å². The van der Waals surface area contributed by atoms with Crippen molar-refractivity contribution in [1.82, 2.24) is 5.16 Å². The second-order valence-electron chi connectivity index (χ2n) is 3.92. The number of hydrogen-bond acceptors (Lipinski definition) is 8. The molecule has 0 aliphatic rings. The molecule has 1 heterocycles. The molecule has 0 fully saturated rings. The fourth-order valence-corrected chi connectivity index (χ4v) is 1.35. The summed E-state index contributed by atoms with van der Waals surface area (Å²) in [6, 6.07) is 0. The van der Waals surface area contributed by atoms with Crippen LogP contribution in [0.25, 0.3) is 0 Å². The highest BCUT2D eigenvalue weighted by molar-refractivity contribution is 6.04. The Morgan fingerprint density at radius 2 is 2.00 bits per heavy atom. The lowest BCUT2D eigenvalue weighted by Gasteiger charge is -2.02. The lowest BCUT2D eigenvalue weighted by Crippen LogP contribution is -2.19. The van der Waals surface area contributed by atoms with Crippen molar-refractivity contribution >= 4 is 29.8 Å². The first-order valence-corrected chi connectivity index (χ1v) is 5.91. The Balaban J connectivity index is 2.73. The van der Waals surface area contributed by atoms with E-state index in [9.17, 15) is 14.4 Å². The summed E-state index contributed by atoms with van der Waals surface area (Å²) in [4.78, 5) is 37.3. The first-order chi connectivity index (χ1) is 10.3. The van der Waals surface area contributed by atoms with Crippen LogP contribution >= 0.6 is 0 Å². The molecule has 120 valence electrons. The number of aryl methyl sites for hydroxylation is 1. The summed E-state index contributed by atoms with van der Waals surface area (Å²) >= 11 is 0. The lowest BCUT2D eigenvalue weighted by molar-refractivity contribution is -0.148. The number of carbonyl (C=O) groups is 3. The van der Waals surface area contributed by atoms with Crippen LogP contribution in [0.2, 0.25) is 0 Å². The van der Waals surface area contributed by atoms with Gasteiger partial charge in [0.2, 0.25) is 5.88 Å². The van der Waals surface area contributed by atoms with Gasteiger partial charge in [-0.05, 0) is 6.92 Å². The smallest absolute Gasteiger partial charge is 0.411 e. The van der Waals surface area contributed by atoms with Gasteiger partial charge in [-0.15, -0.1) is 0 Å². The lowest BCUT2D eigenvalue weighted by atomic mass is 10.2. The van der Waals surface area contributed by atoms with Gasteiger partial charge in [0.1, 0.15) is 5.56 Å². The van der Waals surface area contributed by atoms with E-state index in [0.29, 0.717) is 0 Å². The van der Waals surface area contributed by atoms with Gasteiger partial charge in [0.15, 0.2) is 5.84 Å². The van der Waals surface area contributed by atoms with E-state index in [1.165, 1.54) is 14.0 Å². The predicted octanol–water partition coefficient (Wildman–Crippen LogP) is 0.190. The predicted molar refractivity (Wildman–Crippen MR) is 71.0 cm³/mol. The van der Waals surface area contributed by atoms with Gasteiger partial charge in [0, 0.05) is 0 Å². The molecule has 1 amide bonds. The van der Waals surface area contributed by atoms with Crippen molar-refractivity contribution < 1.29 is 33.6 Å². The number of hydrogen-bond donors (Lipinski definition) is 3. The average molecular weight is 314 g/mol. The van der Waals surface area contributed by atoms with Crippen LogP contribution in [-0.2, 0) is 19.2 Å². The Morgan fingerprint density at radius 3 is 2.59 bits per heavy atom. The molecule has 1 aromatic heterocycles. The normalized spacial score (nSPS) is 10.9. The zero-order valence-electron chi connectivity index (χ0n) is 11.8. The molecule has 0 radical (unpaired) electrons. The molecule has 11 nitrogen and oxygen atoms in total. The third kappa shape index (κ3) is 4.77. The van der Waals surface area contributed by atoms with E-state index >= 15 is 0 Å². The van der Waals surface area contributed by atoms with Crippen LogP contribution in [0.5, 0.6) is 0 Å². The van der Waals surface area contributed by atoms with Crippen molar-refractivity contribution in [1.29, 1.82) is 0 Å². The number of esters is 1. The summed E-state index contributed by atoms with van der Waals surface area (Å²) in [6.07, 6.45) is -1.80. The zero-order chi connectivity index (χ0) is 16.7. The third-order valence-corrected chi connectivity index (χ3v) is 2.35. The van der Waals surface area contributed by atoms with Crippen molar-refractivity contribution in [3.05, 3.63) is 11.3 Å². The fourth-order valence-electron chi connectivity index (χ4n) is 1.35. The highest BCUT2D eigenvalue weighted by Gasteiger charge is 2.19. The molecule has 0 aromatic carbocycles. The maximum atomic E-state index is 11.3. The Kier molecular flexibility index (Phi) is 5.86. The van der Waals surface area contributed by atoms with Crippen molar-refractivity contribution in [2.45, 2.75) is 19.8 Å². The number of nitrogens with two attached hydrogens (primary N) is 1. The summed E-state index contributed by atoms with van der Waals surface area (Å²) < 4.78 is 9.09. The molecule has 0 aliphatic carbocycles. The molecule has 4 N–H and O–H groups in total. The first-order valence-electron chi connectivity index (χ1n) is 5.91. The number of amidine groups is 1. The molecule has 0 saturated carbocycles. The van der Waals surface area contributed by atoms with E-state index in [1.807, 2.05) is 5.32 Å². The molecule has 1 aromatic rings. The SMILES string of the molecule is COC(=O)CCC(=O)ON=C(N)c1c(C)noc1NC(=O)O. The topological polar surface area (TPSA) is 166 Å². The van der Waals surface area contributed by atoms with E-state index in [0.717, 1.165) is 0 Å².